The Labute approximate surface area is 110 Å². The molecule has 0 N–H and O–H groups in total. The number of hydrogen-bond acceptors (Lipinski definition) is 6. The molecule has 0 fully saturated rings. The Hall–Kier alpha value is -1.24. The molecule has 7 heteroatoms. The predicted molar refractivity (Wildman–Crippen MR) is 64.1 cm³/mol. The van der Waals surface area contributed by atoms with Gasteiger partial charge in [-0.05, 0) is 18.5 Å². The van der Waals surface area contributed by atoms with Crippen molar-refractivity contribution < 1.29 is 19.0 Å². The van der Waals surface area contributed by atoms with Crippen molar-refractivity contribution in [2.45, 2.75) is 19.6 Å². The lowest BCUT2D eigenvalue weighted by Crippen LogP contribution is -2.15. The third-order valence-corrected chi connectivity index (χ3v) is 2.35. The number of methoxy groups -OCH3 is 2. The highest BCUT2D eigenvalue weighted by atomic mass is 35.5. The van der Waals surface area contributed by atoms with Crippen LogP contribution in [0.2, 0.25) is 5.28 Å². The Morgan fingerprint density at radius 1 is 1.44 bits per heavy atom. The molecule has 1 aromatic heterocycles. The maximum Gasteiger partial charge on any atom is 0.311 e. The van der Waals surface area contributed by atoms with E-state index in [1.807, 2.05) is 0 Å². The van der Waals surface area contributed by atoms with E-state index in [2.05, 4.69) is 9.97 Å². The molecule has 0 spiro atoms. The first kappa shape index (κ1) is 14.8. The van der Waals surface area contributed by atoms with Crippen LogP contribution in [-0.2, 0) is 25.4 Å². The third-order valence-electron chi connectivity index (χ3n) is 2.17. The molecule has 6 nitrogen and oxygen atoms in total. The Morgan fingerprint density at radius 3 is 2.67 bits per heavy atom. The smallest absolute Gasteiger partial charge is 0.311 e. The molecule has 100 valence electrons. The second-order valence-electron chi connectivity index (χ2n) is 3.33. The van der Waals surface area contributed by atoms with Crippen LogP contribution in [0, 0.1) is 0 Å². The van der Waals surface area contributed by atoms with E-state index >= 15 is 0 Å². The molecule has 0 saturated carbocycles. The van der Waals surface area contributed by atoms with Crippen LogP contribution >= 0.6 is 11.6 Å². The Bertz CT molecular complexity index is 410. The number of carbonyl (C=O) groups excluding carboxylic acids is 1. The molecule has 0 aliphatic rings. The summed E-state index contributed by atoms with van der Waals surface area (Å²) in [7, 11) is 2.97. The number of halogens is 1. The fraction of sp³-hybridized carbons (Fsp3) is 0.545. The maximum atomic E-state index is 11.5. The molecular weight excluding hydrogens is 260 g/mol. The van der Waals surface area contributed by atoms with Gasteiger partial charge in [-0.25, -0.2) is 9.97 Å². The van der Waals surface area contributed by atoms with Gasteiger partial charge in [0.1, 0.15) is 0 Å². The molecular formula is C11H15ClN2O4. The van der Waals surface area contributed by atoms with Gasteiger partial charge in [0.15, 0.2) is 6.29 Å². The fourth-order valence-electron chi connectivity index (χ4n) is 1.44. The molecule has 0 aromatic carbocycles. The van der Waals surface area contributed by atoms with E-state index in [9.17, 15) is 4.79 Å². The maximum absolute atomic E-state index is 11.5. The summed E-state index contributed by atoms with van der Waals surface area (Å²) >= 11 is 5.71. The normalized spacial score (nSPS) is 10.7. The monoisotopic (exact) mass is 274 g/mol. The number of rotatable bonds is 6. The van der Waals surface area contributed by atoms with Gasteiger partial charge in [-0.1, -0.05) is 0 Å². The number of hydrogen-bond donors (Lipinski definition) is 0. The summed E-state index contributed by atoms with van der Waals surface area (Å²) in [6.45, 7) is 2.05. The summed E-state index contributed by atoms with van der Waals surface area (Å²) in [5, 5.41) is 0.0593. The quantitative estimate of drug-likeness (QED) is 0.445. The number of carbonyl (C=O) groups is 1. The van der Waals surface area contributed by atoms with Crippen LogP contribution in [0.1, 0.15) is 24.5 Å². The summed E-state index contributed by atoms with van der Waals surface area (Å²) in [4.78, 5) is 19.3. The van der Waals surface area contributed by atoms with E-state index in [1.165, 1.54) is 20.4 Å². The van der Waals surface area contributed by atoms with Gasteiger partial charge in [0.25, 0.3) is 0 Å². The highest BCUT2D eigenvalue weighted by Crippen LogP contribution is 2.21. The summed E-state index contributed by atoms with van der Waals surface area (Å²) in [6.07, 6.45) is 0.822. The van der Waals surface area contributed by atoms with Gasteiger partial charge < -0.3 is 14.2 Å². The fourth-order valence-corrected chi connectivity index (χ4v) is 1.59. The lowest BCUT2D eigenvalue weighted by molar-refractivity contribution is -0.142. The molecule has 0 aliphatic carbocycles. The summed E-state index contributed by atoms with van der Waals surface area (Å²) < 4.78 is 15.1. The Balaban J connectivity index is 2.99. The molecule has 1 heterocycles. The van der Waals surface area contributed by atoms with Crippen LogP contribution in [-0.4, -0.2) is 36.8 Å². The first-order valence-corrected chi connectivity index (χ1v) is 5.72. The van der Waals surface area contributed by atoms with Gasteiger partial charge in [0.2, 0.25) is 5.28 Å². The van der Waals surface area contributed by atoms with Crippen molar-refractivity contribution >= 4 is 17.6 Å². The number of ether oxygens (including phenoxy) is 3. The number of esters is 1. The second-order valence-corrected chi connectivity index (χ2v) is 3.66. The molecule has 0 bridgehead atoms. The minimum atomic E-state index is -0.647. The molecule has 0 unspecified atom stereocenters. The van der Waals surface area contributed by atoms with E-state index in [4.69, 9.17) is 25.8 Å². The van der Waals surface area contributed by atoms with E-state index in [0.29, 0.717) is 17.9 Å². The molecule has 0 aliphatic heterocycles. The van der Waals surface area contributed by atoms with Crippen molar-refractivity contribution in [1.29, 1.82) is 0 Å². The summed E-state index contributed by atoms with van der Waals surface area (Å²) in [6, 6.07) is 0. The molecule has 0 radical (unpaired) electrons. The largest absolute Gasteiger partial charge is 0.466 e. The van der Waals surface area contributed by atoms with Crippen molar-refractivity contribution in [2.24, 2.45) is 0 Å². The van der Waals surface area contributed by atoms with Gasteiger partial charge >= 0.3 is 5.97 Å². The van der Waals surface area contributed by atoms with E-state index in [0.717, 1.165) is 0 Å². The molecule has 0 amide bonds. The average Bonchev–Trinajstić information content (AvgIpc) is 2.33. The third kappa shape index (κ3) is 3.90. The minimum Gasteiger partial charge on any atom is -0.466 e. The van der Waals surface area contributed by atoms with Gasteiger partial charge in [0.05, 0.1) is 18.7 Å². The highest BCUT2D eigenvalue weighted by molar-refractivity contribution is 6.28. The van der Waals surface area contributed by atoms with Crippen LogP contribution in [0.4, 0.5) is 0 Å². The van der Waals surface area contributed by atoms with Gasteiger partial charge in [-0.3, -0.25) is 4.79 Å². The van der Waals surface area contributed by atoms with Crippen molar-refractivity contribution in [2.75, 3.05) is 20.8 Å². The molecule has 1 aromatic rings. The summed E-state index contributed by atoms with van der Waals surface area (Å²) in [5.74, 6) is -0.389. The zero-order valence-electron chi connectivity index (χ0n) is 10.5. The average molecular weight is 275 g/mol. The molecule has 0 saturated heterocycles. The molecule has 0 atom stereocenters. The van der Waals surface area contributed by atoms with Crippen LogP contribution in [0.3, 0.4) is 0 Å². The lowest BCUT2D eigenvalue weighted by atomic mass is 10.1. The topological polar surface area (TPSA) is 70.5 Å². The van der Waals surface area contributed by atoms with Crippen molar-refractivity contribution in [3.05, 3.63) is 22.7 Å². The molecule has 1 rings (SSSR count). The van der Waals surface area contributed by atoms with E-state index in [1.54, 1.807) is 6.92 Å². The van der Waals surface area contributed by atoms with E-state index in [-0.39, 0.29) is 17.7 Å². The number of aromatic nitrogens is 2. The minimum absolute atomic E-state index is 0.00532. The van der Waals surface area contributed by atoms with Crippen LogP contribution < -0.4 is 0 Å². The first-order valence-electron chi connectivity index (χ1n) is 5.34. The van der Waals surface area contributed by atoms with E-state index < -0.39 is 6.29 Å². The van der Waals surface area contributed by atoms with Crippen LogP contribution in [0.25, 0.3) is 0 Å². The lowest BCUT2D eigenvalue weighted by Gasteiger charge is -2.16. The zero-order valence-corrected chi connectivity index (χ0v) is 11.2. The summed E-state index contributed by atoms with van der Waals surface area (Å²) in [5.41, 5.74) is 0.986. The van der Waals surface area contributed by atoms with Crippen LogP contribution in [0.5, 0.6) is 0 Å². The van der Waals surface area contributed by atoms with Gasteiger partial charge in [0, 0.05) is 26.0 Å². The Morgan fingerprint density at radius 2 is 2.11 bits per heavy atom. The van der Waals surface area contributed by atoms with Crippen molar-refractivity contribution in [3.63, 3.8) is 0 Å². The highest BCUT2D eigenvalue weighted by Gasteiger charge is 2.19. The standard InChI is InChI=1S/C11H15ClN2O4/c1-4-18-9(15)5-8-7(10(16-2)17-3)6-13-11(12)14-8/h6,10H,4-5H2,1-3H3. The number of nitrogens with zero attached hydrogens (tertiary/aromatic N) is 2. The van der Waals surface area contributed by atoms with Gasteiger partial charge in [-0.15, -0.1) is 0 Å². The molecule has 18 heavy (non-hydrogen) atoms. The SMILES string of the molecule is CCOC(=O)Cc1nc(Cl)ncc1C(OC)OC. The van der Waals surface area contributed by atoms with Gasteiger partial charge in [-0.2, -0.15) is 0 Å². The first-order chi connectivity index (χ1) is 8.62. The zero-order chi connectivity index (χ0) is 13.5. The van der Waals surface area contributed by atoms with Crippen molar-refractivity contribution in [3.8, 4) is 0 Å². The van der Waals surface area contributed by atoms with Crippen LogP contribution in [0.15, 0.2) is 6.20 Å². The van der Waals surface area contributed by atoms with Crippen molar-refractivity contribution in [1.82, 2.24) is 9.97 Å². The second kappa shape index (κ2) is 7.25. The Kier molecular flexibility index (Phi) is 5.97. The predicted octanol–water partition coefficient (Wildman–Crippen LogP) is 1.53.